The van der Waals surface area contributed by atoms with Crippen molar-refractivity contribution in [2.75, 3.05) is 25.0 Å². The minimum absolute atomic E-state index is 0.0474. The number of nitrogens with one attached hydrogen (secondary N) is 2. The van der Waals surface area contributed by atoms with Crippen LogP contribution in [-0.2, 0) is 11.3 Å². The van der Waals surface area contributed by atoms with Crippen LogP contribution in [0.3, 0.4) is 0 Å². The molecule has 184 valence electrons. The first-order valence-corrected chi connectivity index (χ1v) is 12.8. The number of hydrogen-bond donors (Lipinski definition) is 2. The van der Waals surface area contributed by atoms with E-state index in [9.17, 15) is 9.59 Å². The van der Waals surface area contributed by atoms with E-state index in [4.69, 9.17) is 4.52 Å². The molecule has 8 nitrogen and oxygen atoms in total. The molecule has 0 atom stereocenters. The maximum atomic E-state index is 12.9. The second-order valence-electron chi connectivity index (χ2n) is 8.71. The van der Waals surface area contributed by atoms with Gasteiger partial charge in [0.25, 0.3) is 5.91 Å². The Kier molecular flexibility index (Phi) is 8.65. The number of likely N-dealkylation sites (tertiary alicyclic amines) is 1. The van der Waals surface area contributed by atoms with Gasteiger partial charge >= 0.3 is 0 Å². The first-order chi connectivity index (χ1) is 17.0. The summed E-state index contributed by atoms with van der Waals surface area (Å²) in [5, 5.41) is 9.99. The van der Waals surface area contributed by atoms with Crippen molar-refractivity contribution in [3.63, 3.8) is 0 Å². The van der Waals surface area contributed by atoms with Crippen molar-refractivity contribution in [2.24, 2.45) is 5.92 Å². The Bertz CT molecular complexity index is 1140. The van der Waals surface area contributed by atoms with Crippen molar-refractivity contribution in [2.45, 2.75) is 39.2 Å². The number of hydrogen-bond acceptors (Lipinski definition) is 6. The van der Waals surface area contributed by atoms with Gasteiger partial charge in [0.2, 0.25) is 17.6 Å². The van der Waals surface area contributed by atoms with Crippen LogP contribution >= 0.6 is 15.9 Å². The number of carbonyl (C=O) groups is 2. The Morgan fingerprint density at radius 1 is 1.11 bits per heavy atom. The molecule has 3 aromatic rings. The van der Waals surface area contributed by atoms with Gasteiger partial charge in [0, 0.05) is 22.5 Å². The maximum absolute atomic E-state index is 12.9. The number of halogens is 1. The number of piperidine rings is 1. The highest BCUT2D eigenvalue weighted by Crippen LogP contribution is 2.24. The van der Waals surface area contributed by atoms with Gasteiger partial charge in [-0.3, -0.25) is 14.5 Å². The largest absolute Gasteiger partial charge is 0.352 e. The van der Waals surface area contributed by atoms with E-state index >= 15 is 0 Å². The molecule has 1 saturated heterocycles. The topological polar surface area (TPSA) is 100 Å². The van der Waals surface area contributed by atoms with Crippen LogP contribution in [0.5, 0.6) is 0 Å². The van der Waals surface area contributed by atoms with Crippen LogP contribution in [0.25, 0.3) is 11.4 Å². The van der Waals surface area contributed by atoms with Crippen LogP contribution in [0.4, 0.5) is 5.69 Å². The van der Waals surface area contributed by atoms with E-state index < -0.39 is 0 Å². The Labute approximate surface area is 213 Å². The predicted octanol–water partition coefficient (Wildman–Crippen LogP) is 4.88. The normalized spacial score (nSPS) is 14.6. The number of amides is 2. The second kappa shape index (κ2) is 12.1. The van der Waals surface area contributed by atoms with Crippen LogP contribution < -0.4 is 10.6 Å². The number of aromatic nitrogens is 2. The molecule has 0 spiro atoms. The number of nitrogens with zero attached hydrogens (tertiary/aromatic N) is 3. The molecule has 0 saturated carbocycles. The molecule has 0 radical (unpaired) electrons. The van der Waals surface area contributed by atoms with E-state index in [0.717, 1.165) is 48.8 Å². The van der Waals surface area contributed by atoms with Crippen molar-refractivity contribution in [3.8, 4) is 11.4 Å². The van der Waals surface area contributed by atoms with Gasteiger partial charge in [-0.25, -0.2) is 0 Å². The van der Waals surface area contributed by atoms with Gasteiger partial charge < -0.3 is 15.2 Å². The van der Waals surface area contributed by atoms with Gasteiger partial charge in [-0.05, 0) is 68.8 Å². The van der Waals surface area contributed by atoms with Gasteiger partial charge in [-0.1, -0.05) is 46.6 Å². The van der Waals surface area contributed by atoms with Gasteiger partial charge in [0.1, 0.15) is 0 Å². The minimum Gasteiger partial charge on any atom is -0.352 e. The highest BCUT2D eigenvalue weighted by atomic mass is 79.9. The van der Waals surface area contributed by atoms with Gasteiger partial charge in [-0.2, -0.15) is 4.98 Å². The highest BCUT2D eigenvalue weighted by Gasteiger charge is 2.27. The van der Waals surface area contributed by atoms with Crippen LogP contribution in [0.15, 0.2) is 57.5 Å². The summed E-state index contributed by atoms with van der Waals surface area (Å²) < 4.78 is 6.44. The molecule has 2 heterocycles. The third kappa shape index (κ3) is 6.76. The van der Waals surface area contributed by atoms with E-state index in [1.165, 1.54) is 0 Å². The number of para-hydroxylation sites is 1. The molecular weight excluding hydrogens is 510 g/mol. The fraction of sp³-hybridized carbons (Fsp3) is 0.385. The maximum Gasteiger partial charge on any atom is 0.253 e. The molecule has 1 aliphatic heterocycles. The quantitative estimate of drug-likeness (QED) is 0.376. The Balaban J connectivity index is 1.28. The minimum atomic E-state index is -0.161. The Morgan fingerprint density at radius 2 is 1.86 bits per heavy atom. The number of anilines is 1. The molecule has 35 heavy (non-hydrogen) atoms. The zero-order chi connectivity index (χ0) is 24.6. The third-order valence-electron chi connectivity index (χ3n) is 6.13. The molecule has 0 unspecified atom stereocenters. The van der Waals surface area contributed by atoms with Crippen LogP contribution in [-0.4, -0.2) is 46.5 Å². The van der Waals surface area contributed by atoms with E-state index in [0.29, 0.717) is 36.1 Å². The summed E-state index contributed by atoms with van der Waals surface area (Å²) in [4.78, 5) is 32.2. The Morgan fingerprint density at radius 3 is 2.60 bits per heavy atom. The van der Waals surface area contributed by atoms with Crippen LogP contribution in [0, 0.1) is 5.92 Å². The zero-order valence-electron chi connectivity index (χ0n) is 19.8. The summed E-state index contributed by atoms with van der Waals surface area (Å²) in [6, 6.07) is 14.9. The van der Waals surface area contributed by atoms with Crippen molar-refractivity contribution in [1.29, 1.82) is 0 Å². The molecule has 1 fully saturated rings. The second-order valence-corrected chi connectivity index (χ2v) is 9.63. The van der Waals surface area contributed by atoms with Gasteiger partial charge in [0.15, 0.2) is 0 Å². The fourth-order valence-corrected chi connectivity index (χ4v) is 4.34. The highest BCUT2D eigenvalue weighted by molar-refractivity contribution is 9.10. The molecule has 2 amide bonds. The van der Waals surface area contributed by atoms with E-state index in [2.05, 4.69) is 48.5 Å². The molecule has 9 heteroatoms. The lowest BCUT2D eigenvalue weighted by Gasteiger charge is -2.30. The zero-order valence-corrected chi connectivity index (χ0v) is 21.4. The molecule has 1 aliphatic rings. The summed E-state index contributed by atoms with van der Waals surface area (Å²) >= 11 is 3.43. The molecule has 2 N–H and O–H groups in total. The Hall–Kier alpha value is -3.04. The smallest absolute Gasteiger partial charge is 0.253 e. The van der Waals surface area contributed by atoms with Gasteiger partial charge in [-0.15, -0.1) is 0 Å². The van der Waals surface area contributed by atoms with Gasteiger partial charge in [0.05, 0.1) is 17.8 Å². The number of benzene rings is 2. The fourth-order valence-electron chi connectivity index (χ4n) is 4.08. The average molecular weight is 540 g/mol. The first-order valence-electron chi connectivity index (χ1n) is 12.0. The monoisotopic (exact) mass is 539 g/mol. The van der Waals surface area contributed by atoms with Crippen LogP contribution in [0.2, 0.25) is 0 Å². The molecule has 2 aromatic carbocycles. The van der Waals surface area contributed by atoms with E-state index in [1.807, 2.05) is 36.4 Å². The first kappa shape index (κ1) is 25.1. The number of rotatable bonds is 9. The number of carbonyl (C=O) groups excluding carboxylic acids is 2. The molecule has 0 bridgehead atoms. The number of unbranched alkanes of at least 4 members (excludes halogenated alkanes) is 1. The molecule has 0 aliphatic carbocycles. The van der Waals surface area contributed by atoms with E-state index in [1.54, 1.807) is 12.1 Å². The van der Waals surface area contributed by atoms with E-state index in [-0.39, 0.29) is 17.7 Å². The predicted molar refractivity (Wildman–Crippen MR) is 138 cm³/mol. The molecular formula is C26H30BrN5O3. The summed E-state index contributed by atoms with van der Waals surface area (Å²) in [5.74, 6) is 0.816. The van der Waals surface area contributed by atoms with Crippen molar-refractivity contribution in [1.82, 2.24) is 20.4 Å². The van der Waals surface area contributed by atoms with Crippen LogP contribution in [0.1, 0.15) is 48.9 Å². The lowest BCUT2D eigenvalue weighted by atomic mass is 9.95. The summed E-state index contributed by atoms with van der Waals surface area (Å²) in [6.45, 7) is 4.77. The average Bonchev–Trinajstić information content (AvgIpc) is 3.33. The molecule has 1 aromatic heterocycles. The summed E-state index contributed by atoms with van der Waals surface area (Å²) in [7, 11) is 0. The lowest BCUT2D eigenvalue weighted by Crippen LogP contribution is -2.38. The SMILES string of the molecule is CCCCNC(=O)c1ccccc1NC(=O)C1CCN(Cc2nc(-c3ccc(Br)cc3)no2)CC1. The summed E-state index contributed by atoms with van der Waals surface area (Å²) in [5.41, 5.74) is 1.95. The standard InChI is InChI=1S/C26H30BrN5O3/c1-2-3-14-28-26(34)21-6-4-5-7-22(21)29-25(33)19-12-15-32(16-13-19)17-23-30-24(31-35-23)18-8-10-20(27)11-9-18/h4-11,19H,2-3,12-17H2,1H3,(H,28,34)(H,29,33). The van der Waals surface area contributed by atoms with Crippen molar-refractivity contribution in [3.05, 3.63) is 64.5 Å². The van der Waals surface area contributed by atoms with Crippen molar-refractivity contribution < 1.29 is 14.1 Å². The molecule has 4 rings (SSSR count). The van der Waals surface area contributed by atoms with Crippen molar-refractivity contribution >= 4 is 33.4 Å². The third-order valence-corrected chi connectivity index (χ3v) is 6.66. The lowest BCUT2D eigenvalue weighted by molar-refractivity contribution is -0.121. The summed E-state index contributed by atoms with van der Waals surface area (Å²) in [6.07, 6.45) is 3.39.